The van der Waals surface area contributed by atoms with Gasteiger partial charge >= 0.3 is 0 Å². The van der Waals surface area contributed by atoms with E-state index in [0.717, 1.165) is 44.1 Å². The van der Waals surface area contributed by atoms with Gasteiger partial charge in [0.2, 0.25) is 0 Å². The SMILES string of the molecule is CCCNCc1cccc(N2CCCC(N(C)C)C2)n1. The fourth-order valence-electron chi connectivity index (χ4n) is 2.72. The van der Waals surface area contributed by atoms with E-state index in [9.17, 15) is 0 Å². The topological polar surface area (TPSA) is 31.4 Å². The summed E-state index contributed by atoms with van der Waals surface area (Å²) in [4.78, 5) is 9.57. The van der Waals surface area contributed by atoms with E-state index in [2.05, 4.69) is 54.3 Å². The summed E-state index contributed by atoms with van der Waals surface area (Å²) in [6.45, 7) is 6.33. The quantitative estimate of drug-likeness (QED) is 0.806. The molecule has 1 fully saturated rings. The minimum absolute atomic E-state index is 0.646. The first-order valence-corrected chi connectivity index (χ1v) is 7.78. The highest BCUT2D eigenvalue weighted by atomic mass is 15.2. The second kappa shape index (κ2) is 7.60. The fraction of sp³-hybridized carbons (Fsp3) is 0.688. The van der Waals surface area contributed by atoms with Gasteiger partial charge in [0.25, 0.3) is 0 Å². The van der Waals surface area contributed by atoms with Crippen molar-refractivity contribution in [3.63, 3.8) is 0 Å². The first kappa shape index (κ1) is 15.3. The number of hydrogen-bond donors (Lipinski definition) is 1. The molecule has 4 heteroatoms. The molecule has 0 aromatic carbocycles. The van der Waals surface area contributed by atoms with Crippen LogP contribution in [-0.2, 0) is 6.54 Å². The number of anilines is 1. The lowest BCUT2D eigenvalue weighted by molar-refractivity contribution is 0.257. The lowest BCUT2D eigenvalue weighted by Gasteiger charge is -2.36. The van der Waals surface area contributed by atoms with E-state index >= 15 is 0 Å². The summed E-state index contributed by atoms with van der Waals surface area (Å²) in [5.74, 6) is 1.13. The van der Waals surface area contributed by atoms with Crippen molar-refractivity contribution in [1.29, 1.82) is 0 Å². The van der Waals surface area contributed by atoms with Crippen molar-refractivity contribution in [1.82, 2.24) is 15.2 Å². The zero-order valence-corrected chi connectivity index (χ0v) is 13.1. The largest absolute Gasteiger partial charge is 0.355 e. The number of likely N-dealkylation sites (N-methyl/N-ethyl adjacent to an activating group) is 1. The van der Waals surface area contributed by atoms with Crippen molar-refractivity contribution in [3.05, 3.63) is 23.9 Å². The van der Waals surface area contributed by atoms with Crippen LogP contribution in [0.5, 0.6) is 0 Å². The molecule has 4 nitrogen and oxygen atoms in total. The van der Waals surface area contributed by atoms with Crippen molar-refractivity contribution in [2.24, 2.45) is 0 Å². The van der Waals surface area contributed by atoms with Gasteiger partial charge in [-0.2, -0.15) is 0 Å². The van der Waals surface area contributed by atoms with Crippen molar-refractivity contribution < 1.29 is 0 Å². The fourth-order valence-corrected chi connectivity index (χ4v) is 2.72. The molecule has 1 N–H and O–H groups in total. The number of piperidine rings is 1. The molecule has 0 saturated carbocycles. The summed E-state index contributed by atoms with van der Waals surface area (Å²) in [6.07, 6.45) is 3.71. The zero-order chi connectivity index (χ0) is 14.4. The van der Waals surface area contributed by atoms with Crippen LogP contribution in [0.2, 0.25) is 0 Å². The standard InChI is InChI=1S/C16H28N4/c1-4-10-17-12-14-7-5-9-16(18-14)20-11-6-8-15(13-20)19(2)3/h5,7,9,15,17H,4,6,8,10-13H2,1-3H3. The summed E-state index contributed by atoms with van der Waals surface area (Å²) >= 11 is 0. The third kappa shape index (κ3) is 4.18. The minimum atomic E-state index is 0.646. The maximum Gasteiger partial charge on any atom is 0.128 e. The van der Waals surface area contributed by atoms with Gasteiger partial charge in [-0.1, -0.05) is 13.0 Å². The van der Waals surface area contributed by atoms with Gasteiger partial charge in [0, 0.05) is 25.7 Å². The molecule has 1 aromatic heterocycles. The monoisotopic (exact) mass is 276 g/mol. The van der Waals surface area contributed by atoms with Crippen molar-refractivity contribution in [3.8, 4) is 0 Å². The van der Waals surface area contributed by atoms with E-state index in [1.807, 2.05) is 0 Å². The van der Waals surface area contributed by atoms with E-state index < -0.39 is 0 Å². The van der Waals surface area contributed by atoms with Gasteiger partial charge in [0.1, 0.15) is 5.82 Å². The Labute approximate surface area is 123 Å². The van der Waals surface area contributed by atoms with Crippen molar-refractivity contribution >= 4 is 5.82 Å². The van der Waals surface area contributed by atoms with E-state index in [-0.39, 0.29) is 0 Å². The molecule has 0 bridgehead atoms. The molecular weight excluding hydrogens is 248 g/mol. The first-order valence-electron chi connectivity index (χ1n) is 7.78. The molecule has 1 aliphatic rings. The third-order valence-corrected chi connectivity index (χ3v) is 3.98. The minimum Gasteiger partial charge on any atom is -0.355 e. The number of aromatic nitrogens is 1. The number of hydrogen-bond acceptors (Lipinski definition) is 4. The first-order chi connectivity index (χ1) is 9.70. The molecule has 0 spiro atoms. The highest BCUT2D eigenvalue weighted by molar-refractivity contribution is 5.40. The van der Waals surface area contributed by atoms with Crippen LogP contribution in [-0.4, -0.2) is 49.7 Å². The molecular formula is C16H28N4. The summed E-state index contributed by atoms with van der Waals surface area (Å²) in [5, 5.41) is 3.42. The molecule has 2 heterocycles. The number of pyridine rings is 1. The highest BCUT2D eigenvalue weighted by Gasteiger charge is 2.22. The Morgan fingerprint density at radius 3 is 3.00 bits per heavy atom. The maximum absolute atomic E-state index is 4.81. The van der Waals surface area contributed by atoms with E-state index in [1.165, 1.54) is 12.8 Å². The summed E-state index contributed by atoms with van der Waals surface area (Å²) in [7, 11) is 4.35. The van der Waals surface area contributed by atoms with Crippen LogP contribution in [0, 0.1) is 0 Å². The van der Waals surface area contributed by atoms with Crippen LogP contribution in [0.4, 0.5) is 5.82 Å². The molecule has 20 heavy (non-hydrogen) atoms. The summed E-state index contributed by atoms with van der Waals surface area (Å²) < 4.78 is 0. The lowest BCUT2D eigenvalue weighted by Crippen LogP contribution is -2.45. The Morgan fingerprint density at radius 2 is 2.25 bits per heavy atom. The summed E-state index contributed by atoms with van der Waals surface area (Å²) in [5.41, 5.74) is 1.14. The molecule has 0 radical (unpaired) electrons. The van der Waals surface area contributed by atoms with Crippen molar-refractivity contribution in [2.75, 3.05) is 38.6 Å². The van der Waals surface area contributed by atoms with Gasteiger partial charge in [-0.25, -0.2) is 4.98 Å². The molecule has 1 aliphatic heterocycles. The Bertz CT molecular complexity index is 405. The molecule has 0 amide bonds. The lowest BCUT2D eigenvalue weighted by atomic mass is 10.0. The van der Waals surface area contributed by atoms with Crippen LogP contribution >= 0.6 is 0 Å². The smallest absolute Gasteiger partial charge is 0.128 e. The second-order valence-corrected chi connectivity index (χ2v) is 5.87. The van der Waals surface area contributed by atoms with Gasteiger partial charge in [-0.3, -0.25) is 0 Å². The Balaban J connectivity index is 1.99. The molecule has 112 valence electrons. The van der Waals surface area contributed by atoms with Gasteiger partial charge in [-0.15, -0.1) is 0 Å². The van der Waals surface area contributed by atoms with Crippen LogP contribution in [0.15, 0.2) is 18.2 Å². The Morgan fingerprint density at radius 1 is 1.40 bits per heavy atom. The van der Waals surface area contributed by atoms with E-state index in [1.54, 1.807) is 0 Å². The summed E-state index contributed by atoms with van der Waals surface area (Å²) in [6, 6.07) is 7.03. The molecule has 1 unspecified atom stereocenters. The highest BCUT2D eigenvalue weighted by Crippen LogP contribution is 2.20. The second-order valence-electron chi connectivity index (χ2n) is 5.87. The maximum atomic E-state index is 4.81. The molecule has 1 atom stereocenters. The van der Waals surface area contributed by atoms with Crippen LogP contribution in [0.3, 0.4) is 0 Å². The normalized spacial score (nSPS) is 19.6. The van der Waals surface area contributed by atoms with E-state index in [4.69, 9.17) is 4.98 Å². The molecule has 1 aromatic rings. The Hall–Kier alpha value is -1.13. The van der Waals surface area contributed by atoms with Gasteiger partial charge < -0.3 is 15.1 Å². The predicted molar refractivity (Wildman–Crippen MR) is 85.2 cm³/mol. The third-order valence-electron chi connectivity index (χ3n) is 3.98. The van der Waals surface area contributed by atoms with Crippen molar-refractivity contribution in [2.45, 2.75) is 38.8 Å². The van der Waals surface area contributed by atoms with E-state index in [0.29, 0.717) is 6.04 Å². The van der Waals surface area contributed by atoms with Crippen LogP contribution < -0.4 is 10.2 Å². The molecule has 0 aliphatic carbocycles. The van der Waals surface area contributed by atoms with Gasteiger partial charge in [0.05, 0.1) is 5.69 Å². The van der Waals surface area contributed by atoms with Gasteiger partial charge in [-0.05, 0) is 52.0 Å². The number of nitrogens with one attached hydrogen (secondary N) is 1. The molecule has 2 rings (SSSR count). The van der Waals surface area contributed by atoms with Crippen LogP contribution in [0.25, 0.3) is 0 Å². The number of rotatable bonds is 6. The average molecular weight is 276 g/mol. The predicted octanol–water partition coefficient (Wildman–Crippen LogP) is 2.11. The average Bonchev–Trinajstić information content (AvgIpc) is 2.48. The Kier molecular flexibility index (Phi) is 5.80. The van der Waals surface area contributed by atoms with Gasteiger partial charge in [0.15, 0.2) is 0 Å². The van der Waals surface area contributed by atoms with Crippen LogP contribution in [0.1, 0.15) is 31.9 Å². The zero-order valence-electron chi connectivity index (χ0n) is 13.1. The molecule has 1 saturated heterocycles. The number of nitrogens with zero attached hydrogens (tertiary/aromatic N) is 3.